The van der Waals surface area contributed by atoms with E-state index in [1.165, 1.54) is 24.3 Å². The Kier molecular flexibility index (Phi) is 60.2. The van der Waals surface area contributed by atoms with Crippen molar-refractivity contribution >= 4 is 72.3 Å². The lowest BCUT2D eigenvalue weighted by atomic mass is 10.0. The number of likely N-dealkylation sites (N-methyl/N-ethyl adjacent to an activating group) is 6. The molecule has 2 aromatic carbocycles. The topological polar surface area (TPSA) is 512 Å². The highest BCUT2D eigenvalue weighted by Gasteiger charge is 2.25. The lowest BCUT2D eigenvalue weighted by Gasteiger charge is -2.36. The molecule has 3 aliphatic heterocycles. The minimum Gasteiger partial charge on any atom is -0.480 e. The summed E-state index contributed by atoms with van der Waals surface area (Å²) in [5, 5.41) is 59.5. The number of aliphatic hydroxyl groups is 1. The zero-order valence-electron chi connectivity index (χ0n) is 56.5. The molecule has 1 aromatic heterocycles. The number of aliphatic hydroxyl groups excluding tert-OH is 1. The maximum absolute atomic E-state index is 11.5. The highest BCUT2D eigenvalue weighted by atomic mass is 16.6. The number of hydrogen-bond acceptors (Lipinski definition) is 34. The van der Waals surface area contributed by atoms with Crippen molar-refractivity contribution in [3.05, 3.63) is 109 Å². The van der Waals surface area contributed by atoms with Crippen molar-refractivity contribution in [2.24, 2.45) is 0 Å². The van der Waals surface area contributed by atoms with Gasteiger partial charge in [0.25, 0.3) is 11.4 Å². The molecule has 3 aliphatic rings. The summed E-state index contributed by atoms with van der Waals surface area (Å²) in [6, 6.07) is 16.9. The van der Waals surface area contributed by atoms with Gasteiger partial charge >= 0.3 is 61.0 Å². The van der Waals surface area contributed by atoms with E-state index in [0.717, 1.165) is 95.5 Å². The number of nitro benzene ring substituents is 2. The number of aromatic nitrogens is 1. The first-order chi connectivity index (χ1) is 47.5. The minimum atomic E-state index is -0.902. The number of aliphatic carboxylic acids is 3. The minimum absolute atomic E-state index is 0.00990. The third-order valence-corrected chi connectivity index (χ3v) is 14.2. The van der Waals surface area contributed by atoms with E-state index >= 15 is 0 Å². The van der Waals surface area contributed by atoms with Crippen LogP contribution in [0.2, 0.25) is 0 Å². The summed E-state index contributed by atoms with van der Waals surface area (Å²) in [4.78, 5) is 195. The maximum Gasteiger partial charge on any atom is 0.373 e. The standard InChI is InChI=1S/C22H29N5O5.C20H33N5O4.C12H25N3O3.7CO2/c1-24-7-8-25(12-18-11-21(27(31)32)6-5-17(18)16-28)9-10-26(15-22(29)30)14-20-4-2-3-19(13-24)23-20;1-21-8-9-22(2)12-13-24(16-20(26)27)19(15-23(3)11-10-21)14-17-4-6-18(7-5-17)25(28)29;1-13-3-4-14(2)7-9-18-10-8-15(6-5-13)11-12(16)17;7*2-1-3/h2-6,11,28H,7-10,12-16H2,1H3,(H,29,30);4-7,19H,8-16H2,1-3H3,(H,26,27);3-11H2,1-2H3,(H,16,17);;;;;;;. The number of rotatable bonds is 13. The molecular weight excluding hydrogens is 1330 g/mol. The van der Waals surface area contributed by atoms with E-state index in [1.807, 2.05) is 39.9 Å². The summed E-state index contributed by atoms with van der Waals surface area (Å²) in [6.45, 7) is 16.4. The number of carbonyl (C=O) groups is 3. The van der Waals surface area contributed by atoms with Crippen LogP contribution in [0.1, 0.15) is 28.1 Å². The summed E-state index contributed by atoms with van der Waals surface area (Å²) in [5.41, 5.74) is 4.13. The maximum atomic E-state index is 11.5. The predicted molar refractivity (Wildman–Crippen MR) is 335 cm³/mol. The van der Waals surface area contributed by atoms with E-state index in [-0.39, 0.29) is 86.7 Å². The molecule has 39 heteroatoms. The second-order valence-corrected chi connectivity index (χ2v) is 21.6. The number of benzene rings is 2. The van der Waals surface area contributed by atoms with Gasteiger partial charge in [0.15, 0.2) is 0 Å². The smallest absolute Gasteiger partial charge is 0.373 e. The van der Waals surface area contributed by atoms with Gasteiger partial charge in [0.2, 0.25) is 0 Å². The van der Waals surface area contributed by atoms with Crippen molar-refractivity contribution in [2.75, 3.05) is 186 Å². The number of ether oxygens (including phenoxy) is 1. The molecule has 100 heavy (non-hydrogen) atoms. The molecule has 6 rings (SSSR count). The van der Waals surface area contributed by atoms with Crippen molar-refractivity contribution in [1.29, 1.82) is 0 Å². The van der Waals surface area contributed by atoms with Gasteiger partial charge in [-0.15, -0.1) is 0 Å². The van der Waals surface area contributed by atoms with Crippen LogP contribution in [-0.4, -0.2) is 338 Å². The number of non-ortho nitro benzene ring substituents is 2. The Labute approximate surface area is 575 Å². The van der Waals surface area contributed by atoms with E-state index in [4.69, 9.17) is 77.0 Å². The first kappa shape index (κ1) is 96.4. The van der Waals surface area contributed by atoms with Crippen LogP contribution < -0.4 is 0 Å². The van der Waals surface area contributed by atoms with Gasteiger partial charge in [-0.05, 0) is 83.6 Å². The van der Waals surface area contributed by atoms with Crippen LogP contribution in [-0.2, 0) is 119 Å². The van der Waals surface area contributed by atoms with E-state index in [0.29, 0.717) is 83.1 Å². The zero-order chi connectivity index (χ0) is 76.8. The number of carbonyl (C=O) groups excluding carboxylic acids is 14. The highest BCUT2D eigenvalue weighted by molar-refractivity contribution is 5.69. The largest absolute Gasteiger partial charge is 0.480 e. The van der Waals surface area contributed by atoms with Crippen LogP contribution in [0.5, 0.6) is 0 Å². The molecule has 0 radical (unpaired) electrons. The Morgan fingerprint density at radius 1 is 0.460 bits per heavy atom. The van der Waals surface area contributed by atoms with Crippen molar-refractivity contribution in [3.63, 3.8) is 0 Å². The fourth-order valence-electron chi connectivity index (χ4n) is 9.24. The molecule has 4 N–H and O–H groups in total. The van der Waals surface area contributed by atoms with Gasteiger partial charge in [0.05, 0.1) is 60.7 Å². The van der Waals surface area contributed by atoms with E-state index in [9.17, 15) is 49.9 Å². The molecule has 0 saturated carbocycles. The van der Waals surface area contributed by atoms with Crippen molar-refractivity contribution in [1.82, 2.24) is 54.0 Å². The number of nitrogens with zero attached hydrogens (tertiary/aromatic N) is 13. The Morgan fingerprint density at radius 3 is 1.31 bits per heavy atom. The average molecular weight is 1420 g/mol. The molecule has 2 bridgehead atoms. The number of pyridine rings is 1. The Hall–Kier alpha value is -10.0. The van der Waals surface area contributed by atoms with Crippen molar-refractivity contribution in [3.8, 4) is 0 Å². The predicted octanol–water partition coefficient (Wildman–Crippen LogP) is -2.80. The van der Waals surface area contributed by atoms with Crippen LogP contribution in [0.3, 0.4) is 0 Å². The first-order valence-electron chi connectivity index (χ1n) is 29.8. The molecule has 0 aliphatic carbocycles. The van der Waals surface area contributed by atoms with Crippen LogP contribution >= 0.6 is 0 Å². The monoisotopic (exact) mass is 1420 g/mol. The molecule has 1 unspecified atom stereocenters. The SMILES string of the molecule is CN1CCN(C)CCN(CC(=O)O)C(Cc2ccc([N+](=O)[O-])cc2)CN(C)CC1.CN1CCN(Cc2cc([N+](=O)[O-])ccc2CO)CCN(CC(=O)O)Cc2cccc(n2)C1.CN1CCOCCN(CC(=O)O)CCN(C)CC1.O=C=O.O=C=O.O=C=O.O=C=O.O=C=O.O=C=O.O=C=O. The van der Waals surface area contributed by atoms with Crippen LogP contribution in [0.15, 0.2) is 60.7 Å². The highest BCUT2D eigenvalue weighted by Crippen LogP contribution is 2.21. The molecular formula is C61H87N13O26. The number of fused-ring (bicyclic) bond motifs is 2. The number of hydrogen-bond donors (Lipinski definition) is 4. The Morgan fingerprint density at radius 2 is 0.840 bits per heavy atom. The summed E-state index contributed by atoms with van der Waals surface area (Å²) in [6.07, 6.45) is 2.40. The molecule has 2 saturated heterocycles. The van der Waals surface area contributed by atoms with Gasteiger partial charge in [-0.1, -0.05) is 18.2 Å². The lowest BCUT2D eigenvalue weighted by molar-refractivity contribution is -0.385. The third-order valence-electron chi connectivity index (χ3n) is 14.2. The summed E-state index contributed by atoms with van der Waals surface area (Å²) in [7, 11) is 12.4. The molecule has 3 aromatic rings. The molecule has 39 nitrogen and oxygen atoms in total. The van der Waals surface area contributed by atoms with E-state index in [2.05, 4.69) is 74.5 Å². The molecule has 0 spiro atoms. The van der Waals surface area contributed by atoms with Crippen molar-refractivity contribution in [2.45, 2.75) is 38.7 Å². The quantitative estimate of drug-likeness (QED) is 0.0992. The summed E-state index contributed by atoms with van der Waals surface area (Å²) >= 11 is 0. The van der Waals surface area contributed by atoms with Crippen molar-refractivity contribution < 1.29 is 117 Å². The number of nitro groups is 2. The Bertz CT molecular complexity index is 2940. The van der Waals surface area contributed by atoms with Crippen LogP contribution in [0.25, 0.3) is 0 Å². The van der Waals surface area contributed by atoms with Gasteiger partial charge in [-0.25, -0.2) is 0 Å². The van der Waals surface area contributed by atoms with Crippen LogP contribution in [0.4, 0.5) is 11.4 Å². The molecule has 4 heterocycles. The molecule has 0 amide bonds. The van der Waals surface area contributed by atoms with E-state index < -0.39 is 27.8 Å². The Balaban J connectivity index is -0.000000617. The number of carboxylic acids is 3. The van der Waals surface area contributed by atoms with Gasteiger partial charge < -0.3 is 49.7 Å². The number of carboxylic acid groups (broad SMARTS) is 3. The fraction of sp³-hybridized carbons (Fsp3) is 0.557. The third kappa shape index (κ3) is 53.1. The average Bonchev–Trinajstić information content (AvgIpc) is 0.857. The molecule has 552 valence electrons. The summed E-state index contributed by atoms with van der Waals surface area (Å²) in [5.74, 6) is -2.51. The molecule has 1 atom stereocenters. The first-order valence-corrected chi connectivity index (χ1v) is 29.8. The van der Waals surface area contributed by atoms with Gasteiger partial charge in [0, 0.05) is 161 Å². The van der Waals surface area contributed by atoms with Gasteiger partial charge in [-0.2, -0.15) is 67.1 Å². The zero-order valence-corrected chi connectivity index (χ0v) is 56.5. The lowest BCUT2D eigenvalue weighted by Crippen LogP contribution is -2.50. The second kappa shape index (κ2) is 62.5. The molecule has 2 fully saturated rings. The van der Waals surface area contributed by atoms with Gasteiger partial charge in [-0.3, -0.25) is 64.1 Å². The summed E-state index contributed by atoms with van der Waals surface area (Å²) < 4.78 is 5.53. The van der Waals surface area contributed by atoms with Gasteiger partial charge in [0.1, 0.15) is 0 Å². The normalized spacial score (nSPS) is 16.5. The van der Waals surface area contributed by atoms with Crippen LogP contribution in [0, 0.1) is 20.2 Å². The van der Waals surface area contributed by atoms with E-state index in [1.54, 1.807) is 18.2 Å². The fourth-order valence-corrected chi connectivity index (χ4v) is 9.24. The second-order valence-electron chi connectivity index (χ2n) is 21.6.